The monoisotopic (exact) mass is 176 g/mol. The van der Waals surface area contributed by atoms with E-state index in [-0.39, 0.29) is 0 Å². The molecular formula is C6H8O6. The number of cyclic esters (lactones) is 1. The van der Waals surface area contributed by atoms with Crippen LogP contribution in [0.15, 0.2) is 0 Å². The Bertz CT molecular complexity index is 212. The van der Waals surface area contributed by atoms with Gasteiger partial charge < -0.3 is 20.1 Å². The van der Waals surface area contributed by atoms with Crippen molar-refractivity contribution in [1.29, 1.82) is 0 Å². The Balaban J connectivity index is 2.70. The number of ether oxygens (including phenoxy) is 1. The van der Waals surface area contributed by atoms with Crippen molar-refractivity contribution < 1.29 is 29.6 Å². The van der Waals surface area contributed by atoms with Crippen LogP contribution in [0.2, 0.25) is 0 Å². The largest absolute Gasteiger partial charge is 0.450 e. The van der Waals surface area contributed by atoms with Gasteiger partial charge in [-0.15, -0.1) is 0 Å². The molecule has 6 nitrogen and oxygen atoms in total. The molecule has 2 unspecified atom stereocenters. The van der Waals surface area contributed by atoms with E-state index < -0.39 is 36.7 Å². The maximum absolute atomic E-state index is 10.6. The first-order chi connectivity index (χ1) is 5.57. The van der Waals surface area contributed by atoms with Gasteiger partial charge >= 0.3 is 5.97 Å². The molecule has 0 aromatic carbocycles. The molecule has 0 radical (unpaired) electrons. The Hall–Kier alpha value is -0.980. The Morgan fingerprint density at radius 3 is 2.42 bits per heavy atom. The van der Waals surface area contributed by atoms with E-state index in [1.54, 1.807) is 0 Å². The third-order valence-electron chi connectivity index (χ3n) is 1.59. The molecule has 0 saturated carbocycles. The van der Waals surface area contributed by atoms with Crippen molar-refractivity contribution in [2.24, 2.45) is 0 Å². The normalized spacial score (nSPS) is 31.9. The summed E-state index contributed by atoms with van der Waals surface area (Å²) in [5.74, 6) is -2.27. The molecule has 0 amide bonds. The number of aliphatic hydroxyl groups is 3. The van der Waals surface area contributed by atoms with Crippen LogP contribution in [0.25, 0.3) is 0 Å². The molecule has 0 aromatic heterocycles. The van der Waals surface area contributed by atoms with Gasteiger partial charge in [-0.1, -0.05) is 0 Å². The molecule has 1 heterocycles. The first-order valence-electron chi connectivity index (χ1n) is 3.29. The second-order valence-corrected chi connectivity index (χ2v) is 2.43. The smallest absolute Gasteiger partial charge is 0.378 e. The van der Waals surface area contributed by atoms with E-state index >= 15 is 0 Å². The molecule has 12 heavy (non-hydrogen) atoms. The summed E-state index contributed by atoms with van der Waals surface area (Å²) in [6.45, 7) is -0.678. The van der Waals surface area contributed by atoms with Crippen molar-refractivity contribution in [3.05, 3.63) is 0 Å². The topological polar surface area (TPSA) is 104 Å². The van der Waals surface area contributed by atoms with Crippen molar-refractivity contribution in [2.75, 3.05) is 6.61 Å². The zero-order valence-corrected chi connectivity index (χ0v) is 6.01. The van der Waals surface area contributed by atoms with Gasteiger partial charge in [-0.2, -0.15) is 0 Å². The minimum Gasteiger partial charge on any atom is -0.450 e. The molecule has 1 fully saturated rings. The standard InChI is InChI=1S/C6H8O6/c7-1-2(8)5-3(9)4(10)6(11)12-5/h2-3,5,7-9H,1H2/t2-,3?,5?/m0/s1. The van der Waals surface area contributed by atoms with Crippen LogP contribution in [-0.4, -0.2) is 52.0 Å². The summed E-state index contributed by atoms with van der Waals surface area (Å²) in [5, 5.41) is 26.3. The van der Waals surface area contributed by atoms with Crippen LogP contribution < -0.4 is 0 Å². The SMILES string of the molecule is O=C1OC([C@@H](O)CO)C(O)C1=O. The molecule has 3 N–H and O–H groups in total. The molecule has 3 atom stereocenters. The van der Waals surface area contributed by atoms with Gasteiger partial charge in [-0.25, -0.2) is 4.79 Å². The molecule has 0 bridgehead atoms. The summed E-state index contributed by atoms with van der Waals surface area (Å²) in [7, 11) is 0. The second kappa shape index (κ2) is 3.18. The Labute approximate surface area is 67.4 Å². The minimum atomic E-state index is -1.67. The predicted octanol–water partition coefficient (Wildman–Crippen LogP) is -2.81. The maximum Gasteiger partial charge on any atom is 0.378 e. The number of esters is 1. The van der Waals surface area contributed by atoms with Gasteiger partial charge in [0.15, 0.2) is 12.2 Å². The van der Waals surface area contributed by atoms with Gasteiger partial charge in [0.05, 0.1) is 6.61 Å². The molecule has 1 aliphatic rings. The van der Waals surface area contributed by atoms with Gasteiger partial charge in [0.1, 0.15) is 6.10 Å². The Kier molecular flexibility index (Phi) is 2.41. The first kappa shape index (κ1) is 9.11. The van der Waals surface area contributed by atoms with Crippen molar-refractivity contribution in [2.45, 2.75) is 18.3 Å². The lowest BCUT2D eigenvalue weighted by Crippen LogP contribution is -2.38. The van der Waals surface area contributed by atoms with Crippen LogP contribution in [0.4, 0.5) is 0 Å². The van der Waals surface area contributed by atoms with E-state index in [1.165, 1.54) is 0 Å². The molecule has 1 aliphatic heterocycles. The number of Topliss-reactive ketones (excluding diaryl/α,β-unsaturated/α-hetero) is 1. The zero-order chi connectivity index (χ0) is 9.30. The summed E-state index contributed by atoms with van der Waals surface area (Å²) in [6.07, 6.45) is -4.43. The number of hydrogen-bond donors (Lipinski definition) is 3. The summed E-state index contributed by atoms with van der Waals surface area (Å²) >= 11 is 0. The van der Waals surface area contributed by atoms with Gasteiger partial charge in [0.2, 0.25) is 0 Å². The summed E-state index contributed by atoms with van der Waals surface area (Å²) in [5.41, 5.74) is 0. The second-order valence-electron chi connectivity index (χ2n) is 2.43. The quantitative estimate of drug-likeness (QED) is 0.310. The van der Waals surface area contributed by atoms with E-state index in [9.17, 15) is 9.59 Å². The van der Waals surface area contributed by atoms with Crippen LogP contribution in [0.5, 0.6) is 0 Å². The van der Waals surface area contributed by atoms with E-state index in [0.717, 1.165) is 0 Å². The number of rotatable bonds is 2. The zero-order valence-electron chi connectivity index (χ0n) is 6.01. The van der Waals surface area contributed by atoms with Crippen LogP contribution in [0.1, 0.15) is 0 Å². The molecule has 1 rings (SSSR count). The highest BCUT2D eigenvalue weighted by atomic mass is 16.6. The lowest BCUT2D eigenvalue weighted by Gasteiger charge is -2.15. The average molecular weight is 176 g/mol. The summed E-state index contributed by atoms with van der Waals surface area (Å²) in [6, 6.07) is 0. The van der Waals surface area contributed by atoms with E-state index in [4.69, 9.17) is 15.3 Å². The molecule has 0 aliphatic carbocycles. The number of aliphatic hydroxyl groups excluding tert-OH is 3. The number of carbonyl (C=O) groups excluding carboxylic acids is 2. The summed E-state index contributed by atoms with van der Waals surface area (Å²) in [4.78, 5) is 21.1. The highest BCUT2D eigenvalue weighted by Gasteiger charge is 2.45. The van der Waals surface area contributed by atoms with Gasteiger partial charge in [-0.05, 0) is 0 Å². The molecule has 1 saturated heterocycles. The van der Waals surface area contributed by atoms with Crippen molar-refractivity contribution in [1.82, 2.24) is 0 Å². The fourth-order valence-corrected chi connectivity index (χ4v) is 0.909. The summed E-state index contributed by atoms with van der Waals surface area (Å²) < 4.78 is 4.29. The number of hydrogen-bond acceptors (Lipinski definition) is 6. The van der Waals surface area contributed by atoms with Gasteiger partial charge in [0, 0.05) is 0 Å². The lowest BCUT2D eigenvalue weighted by atomic mass is 10.1. The first-order valence-corrected chi connectivity index (χ1v) is 3.29. The van der Waals surface area contributed by atoms with Crippen molar-refractivity contribution in [3.8, 4) is 0 Å². The van der Waals surface area contributed by atoms with E-state index in [0.29, 0.717) is 0 Å². The average Bonchev–Trinajstić information content (AvgIpc) is 2.32. The molecule has 68 valence electrons. The van der Waals surface area contributed by atoms with Crippen LogP contribution in [0.3, 0.4) is 0 Å². The van der Waals surface area contributed by atoms with Crippen LogP contribution >= 0.6 is 0 Å². The van der Waals surface area contributed by atoms with Crippen LogP contribution in [0, 0.1) is 0 Å². The predicted molar refractivity (Wildman–Crippen MR) is 34.0 cm³/mol. The Morgan fingerprint density at radius 1 is 1.50 bits per heavy atom. The third kappa shape index (κ3) is 1.31. The molecule has 0 spiro atoms. The lowest BCUT2D eigenvalue weighted by molar-refractivity contribution is -0.152. The molecular weight excluding hydrogens is 168 g/mol. The fraction of sp³-hybridized carbons (Fsp3) is 0.667. The maximum atomic E-state index is 10.6. The van der Waals surface area contributed by atoms with Crippen LogP contribution in [-0.2, 0) is 14.3 Å². The molecule has 0 aromatic rings. The fourth-order valence-electron chi connectivity index (χ4n) is 0.909. The van der Waals surface area contributed by atoms with Crippen molar-refractivity contribution >= 4 is 11.8 Å². The third-order valence-corrected chi connectivity index (χ3v) is 1.59. The Morgan fingerprint density at radius 2 is 2.08 bits per heavy atom. The van der Waals surface area contributed by atoms with Gasteiger partial charge in [-0.3, -0.25) is 4.79 Å². The van der Waals surface area contributed by atoms with Gasteiger partial charge in [0.25, 0.3) is 5.78 Å². The highest BCUT2D eigenvalue weighted by Crippen LogP contribution is 2.14. The highest BCUT2D eigenvalue weighted by molar-refractivity contribution is 6.37. The number of carbonyl (C=O) groups is 2. The van der Waals surface area contributed by atoms with Crippen molar-refractivity contribution in [3.63, 3.8) is 0 Å². The molecule has 6 heteroatoms. The van der Waals surface area contributed by atoms with E-state index in [2.05, 4.69) is 4.74 Å². The minimum absolute atomic E-state index is 0.678. The van der Waals surface area contributed by atoms with E-state index in [1.807, 2.05) is 0 Å². The number of ketones is 1.